The molecule has 166 valence electrons. The molecule has 0 atom stereocenters. The lowest BCUT2D eigenvalue weighted by Gasteiger charge is -2.27. The predicted molar refractivity (Wildman–Crippen MR) is 120 cm³/mol. The molecule has 9 heteroatoms. The first kappa shape index (κ1) is 22.5. The summed E-state index contributed by atoms with van der Waals surface area (Å²) in [6.07, 6.45) is 3.47. The Labute approximate surface area is 181 Å². The molecule has 1 saturated carbocycles. The van der Waals surface area contributed by atoms with Crippen LogP contribution < -0.4 is 21.7 Å². The maximum absolute atomic E-state index is 12.1. The van der Waals surface area contributed by atoms with Crippen molar-refractivity contribution in [3.8, 4) is 0 Å². The number of hydrogen-bond acceptors (Lipinski definition) is 7. The Morgan fingerprint density at radius 2 is 1.87 bits per heavy atom. The van der Waals surface area contributed by atoms with Gasteiger partial charge in [-0.3, -0.25) is 9.59 Å². The Morgan fingerprint density at radius 3 is 2.48 bits per heavy atom. The molecule has 1 aromatic carbocycles. The number of aryl methyl sites for hydroxylation is 2. The van der Waals surface area contributed by atoms with Crippen molar-refractivity contribution in [1.29, 1.82) is 0 Å². The van der Waals surface area contributed by atoms with E-state index in [2.05, 4.69) is 25.9 Å². The van der Waals surface area contributed by atoms with Gasteiger partial charge >= 0.3 is 0 Å². The number of carbonyl (C=O) groups excluding carboxylic acids is 2. The van der Waals surface area contributed by atoms with Gasteiger partial charge in [0.05, 0.1) is 11.8 Å². The van der Waals surface area contributed by atoms with Gasteiger partial charge in [0.1, 0.15) is 5.82 Å². The zero-order valence-corrected chi connectivity index (χ0v) is 18.2. The van der Waals surface area contributed by atoms with E-state index in [0.29, 0.717) is 29.2 Å². The SMILES string of the molecule is CCc1nc(C(N)=O)c(Nc2cc(C(=O)NC)ccc2C)nc1NC1CCC(O)CC1. The van der Waals surface area contributed by atoms with Crippen LogP contribution in [0.4, 0.5) is 17.3 Å². The summed E-state index contributed by atoms with van der Waals surface area (Å²) in [6, 6.07) is 5.42. The normalized spacial score (nSPS) is 18.3. The third-order valence-corrected chi connectivity index (χ3v) is 5.55. The van der Waals surface area contributed by atoms with Crippen molar-refractivity contribution < 1.29 is 14.7 Å². The summed E-state index contributed by atoms with van der Waals surface area (Å²) < 4.78 is 0. The maximum Gasteiger partial charge on any atom is 0.271 e. The van der Waals surface area contributed by atoms with Crippen LogP contribution in [0.15, 0.2) is 18.2 Å². The average Bonchev–Trinajstić information content (AvgIpc) is 2.76. The fourth-order valence-corrected chi connectivity index (χ4v) is 3.67. The van der Waals surface area contributed by atoms with Gasteiger partial charge in [0.15, 0.2) is 11.5 Å². The van der Waals surface area contributed by atoms with Crippen LogP contribution in [0.5, 0.6) is 0 Å². The number of primary amides is 1. The lowest BCUT2D eigenvalue weighted by molar-refractivity contribution is 0.0961. The minimum atomic E-state index is -0.683. The largest absolute Gasteiger partial charge is 0.393 e. The smallest absolute Gasteiger partial charge is 0.271 e. The Bertz CT molecular complexity index is 970. The van der Waals surface area contributed by atoms with Crippen molar-refractivity contribution in [3.63, 3.8) is 0 Å². The van der Waals surface area contributed by atoms with Gasteiger partial charge < -0.3 is 26.8 Å². The molecular weight excluding hydrogens is 396 g/mol. The third-order valence-electron chi connectivity index (χ3n) is 5.55. The van der Waals surface area contributed by atoms with Crippen molar-refractivity contribution in [2.24, 2.45) is 5.73 Å². The molecule has 1 aliphatic carbocycles. The first-order valence-electron chi connectivity index (χ1n) is 10.6. The minimum Gasteiger partial charge on any atom is -0.393 e. The van der Waals surface area contributed by atoms with Crippen molar-refractivity contribution in [3.05, 3.63) is 40.7 Å². The number of carbonyl (C=O) groups is 2. The third kappa shape index (κ3) is 5.29. The maximum atomic E-state index is 12.1. The first-order valence-corrected chi connectivity index (χ1v) is 10.6. The van der Waals surface area contributed by atoms with E-state index in [0.717, 1.165) is 31.2 Å². The lowest BCUT2D eigenvalue weighted by Crippen LogP contribution is -2.29. The quantitative estimate of drug-likeness (QED) is 0.457. The molecule has 6 N–H and O–H groups in total. The standard InChI is InChI=1S/C22H30N6O3/c1-4-16-20(25-14-7-9-15(29)10-8-14)28-21(18(26-16)19(23)30)27-17-11-13(22(31)24-3)6-5-12(17)2/h5-6,11,14-15,29H,4,7-10H2,1-3H3,(H2,23,30)(H,24,31)(H2,25,27,28). The number of rotatable bonds is 7. The topological polar surface area (TPSA) is 142 Å². The number of nitrogens with two attached hydrogens (primary N) is 1. The molecule has 0 bridgehead atoms. The number of amides is 2. The predicted octanol–water partition coefficient (Wildman–Crippen LogP) is 2.26. The Kier molecular flexibility index (Phi) is 7.06. The molecule has 1 fully saturated rings. The lowest BCUT2D eigenvalue weighted by atomic mass is 9.93. The van der Waals surface area contributed by atoms with Gasteiger partial charge in [0.2, 0.25) is 0 Å². The molecule has 1 aliphatic rings. The molecule has 0 spiro atoms. The van der Waals surface area contributed by atoms with E-state index in [1.165, 1.54) is 0 Å². The van der Waals surface area contributed by atoms with Crippen LogP contribution in [0.2, 0.25) is 0 Å². The average molecular weight is 427 g/mol. The summed E-state index contributed by atoms with van der Waals surface area (Å²) in [5.41, 5.74) is 8.28. The number of benzene rings is 1. The second-order valence-corrected chi connectivity index (χ2v) is 7.82. The minimum absolute atomic E-state index is 0.0474. The molecule has 1 aromatic heterocycles. The number of nitrogens with zero attached hydrogens (tertiary/aromatic N) is 2. The molecule has 3 rings (SSSR count). The second kappa shape index (κ2) is 9.74. The van der Waals surface area contributed by atoms with Gasteiger partial charge in [-0.25, -0.2) is 9.97 Å². The van der Waals surface area contributed by atoms with E-state index in [1.54, 1.807) is 19.2 Å². The summed E-state index contributed by atoms with van der Waals surface area (Å²) in [4.78, 5) is 33.2. The van der Waals surface area contributed by atoms with Crippen LogP contribution in [0.1, 0.15) is 64.7 Å². The van der Waals surface area contributed by atoms with Crippen molar-refractivity contribution in [2.75, 3.05) is 17.7 Å². The fourth-order valence-electron chi connectivity index (χ4n) is 3.67. The number of hydrogen-bond donors (Lipinski definition) is 5. The van der Waals surface area contributed by atoms with Crippen LogP contribution in [0.25, 0.3) is 0 Å². The summed E-state index contributed by atoms with van der Waals surface area (Å²) >= 11 is 0. The highest BCUT2D eigenvalue weighted by Gasteiger charge is 2.23. The highest BCUT2D eigenvalue weighted by atomic mass is 16.3. The van der Waals surface area contributed by atoms with Crippen LogP contribution in [0.3, 0.4) is 0 Å². The van der Waals surface area contributed by atoms with Gasteiger partial charge in [-0.1, -0.05) is 13.0 Å². The van der Waals surface area contributed by atoms with Crippen molar-refractivity contribution in [2.45, 2.75) is 58.1 Å². The van der Waals surface area contributed by atoms with Gasteiger partial charge in [0, 0.05) is 24.3 Å². The highest BCUT2D eigenvalue weighted by molar-refractivity contribution is 5.98. The highest BCUT2D eigenvalue weighted by Crippen LogP contribution is 2.28. The van der Waals surface area contributed by atoms with Crippen LogP contribution in [-0.2, 0) is 6.42 Å². The number of aromatic nitrogens is 2. The Balaban J connectivity index is 1.97. The van der Waals surface area contributed by atoms with E-state index < -0.39 is 5.91 Å². The van der Waals surface area contributed by atoms with Crippen LogP contribution >= 0.6 is 0 Å². The molecule has 2 aromatic rings. The fraction of sp³-hybridized carbons (Fsp3) is 0.455. The van der Waals surface area contributed by atoms with Crippen LogP contribution in [0, 0.1) is 6.92 Å². The zero-order valence-electron chi connectivity index (χ0n) is 18.2. The second-order valence-electron chi connectivity index (χ2n) is 7.82. The Hall–Kier alpha value is -3.20. The molecule has 2 amide bonds. The molecule has 31 heavy (non-hydrogen) atoms. The summed E-state index contributed by atoms with van der Waals surface area (Å²) in [5.74, 6) is -0.0683. The van der Waals surface area contributed by atoms with Crippen molar-refractivity contribution in [1.82, 2.24) is 15.3 Å². The monoisotopic (exact) mass is 426 g/mol. The molecule has 1 heterocycles. The summed E-state index contributed by atoms with van der Waals surface area (Å²) in [7, 11) is 1.57. The number of nitrogens with one attached hydrogen (secondary N) is 3. The number of aliphatic hydroxyl groups excluding tert-OH is 1. The van der Waals surface area contributed by atoms with E-state index >= 15 is 0 Å². The van der Waals surface area contributed by atoms with E-state index in [1.807, 2.05) is 19.9 Å². The molecule has 0 radical (unpaired) electrons. The molecule has 9 nitrogen and oxygen atoms in total. The van der Waals surface area contributed by atoms with E-state index in [4.69, 9.17) is 5.73 Å². The number of anilines is 3. The van der Waals surface area contributed by atoms with Gasteiger partial charge in [0.25, 0.3) is 11.8 Å². The molecular formula is C22H30N6O3. The summed E-state index contributed by atoms with van der Waals surface area (Å²) in [6.45, 7) is 3.83. The molecule has 0 saturated heterocycles. The number of aliphatic hydroxyl groups is 1. The Morgan fingerprint density at radius 1 is 1.16 bits per heavy atom. The zero-order chi connectivity index (χ0) is 22.5. The van der Waals surface area contributed by atoms with E-state index in [-0.39, 0.29) is 29.6 Å². The van der Waals surface area contributed by atoms with Gasteiger partial charge in [-0.05, 0) is 56.7 Å². The first-order chi connectivity index (χ1) is 14.8. The van der Waals surface area contributed by atoms with E-state index in [9.17, 15) is 14.7 Å². The molecule has 0 unspecified atom stereocenters. The molecule has 0 aliphatic heterocycles. The van der Waals surface area contributed by atoms with Gasteiger partial charge in [-0.2, -0.15) is 0 Å². The van der Waals surface area contributed by atoms with Gasteiger partial charge in [-0.15, -0.1) is 0 Å². The van der Waals surface area contributed by atoms with Crippen molar-refractivity contribution >= 4 is 29.1 Å². The summed E-state index contributed by atoms with van der Waals surface area (Å²) in [5, 5.41) is 18.9. The van der Waals surface area contributed by atoms with Crippen LogP contribution in [-0.4, -0.2) is 46.1 Å².